The van der Waals surface area contributed by atoms with E-state index < -0.39 is 52.9 Å². The molecule has 4 bridgehead atoms. The molecule has 0 amide bonds. The molecule has 0 unspecified atom stereocenters. The van der Waals surface area contributed by atoms with Gasteiger partial charge < -0.3 is 14.9 Å². The predicted octanol–water partition coefficient (Wildman–Crippen LogP) is 6.67. The van der Waals surface area contributed by atoms with Gasteiger partial charge in [0, 0.05) is 54.8 Å². The van der Waals surface area contributed by atoms with Gasteiger partial charge in [-0.1, -0.05) is 31.0 Å². The van der Waals surface area contributed by atoms with Gasteiger partial charge in [0.15, 0.2) is 23.5 Å². The summed E-state index contributed by atoms with van der Waals surface area (Å²) in [7, 11) is 0. The van der Waals surface area contributed by atoms with Crippen molar-refractivity contribution >= 4 is 27.5 Å². The zero-order chi connectivity index (χ0) is 30.3. The van der Waals surface area contributed by atoms with Crippen LogP contribution in [0.3, 0.4) is 0 Å². The SMILES string of the molecule is F[C@@H]1C[C-]2CCCN2C1.Oc1nc2c3cnc(c(F)c3n1)-c1cccc3cc(F)c(F)c(c13)C#[N+][C@]1(F)[C@@H]3CCCCN2[C@@H]31.[U]. The minimum Gasteiger partial charge on any atom is -0.479 e. The number of rotatable bonds is 0. The topological polar surface area (TPSA) is 69.7 Å². The standard InChI is InChI=1S/C25H15F4N5O.C7H11FN.U/c26-16-8-11-4-3-5-12-17(11)13(18(16)27)10-31-25(29)15-6-1-2-7-34(22(15)25)23-14-9-30-20(12)19(28)21(14)32-24(35)33-23;8-6-4-7-2-1-3-9(7)5-6;/h3-5,8-9,15,22H,1-2,6-7H2;6H,1-5H2;/q;-1;/p+1/t15-,22+,25-;6-;/m11./s1. The summed E-state index contributed by atoms with van der Waals surface area (Å²) in [6.45, 7) is 2.17. The molecule has 0 radical (unpaired) electrons. The maximum absolute atomic E-state index is 16.2. The Bertz CT molecular complexity index is 1910. The maximum Gasteiger partial charge on any atom is 0.443 e. The van der Waals surface area contributed by atoms with E-state index in [1.165, 1.54) is 30.8 Å². The molecular formula is C32H27F5N6OU. The Morgan fingerprint density at radius 1 is 1.09 bits per heavy atom. The van der Waals surface area contributed by atoms with Gasteiger partial charge in [-0.15, -0.1) is 6.42 Å². The molecule has 6 aliphatic rings. The molecule has 4 aromatic rings. The van der Waals surface area contributed by atoms with Crippen LogP contribution in [0.1, 0.15) is 44.1 Å². The predicted molar refractivity (Wildman–Crippen MR) is 154 cm³/mol. The summed E-state index contributed by atoms with van der Waals surface area (Å²) in [4.78, 5) is 20.2. The van der Waals surface area contributed by atoms with Crippen molar-refractivity contribution in [3.63, 3.8) is 0 Å². The maximum atomic E-state index is 16.2. The molecule has 2 aromatic carbocycles. The number of aromatic hydroxyl groups is 1. The van der Waals surface area contributed by atoms with Gasteiger partial charge in [-0.2, -0.15) is 20.8 Å². The van der Waals surface area contributed by atoms with Crippen LogP contribution in [0.15, 0.2) is 30.5 Å². The third-order valence-corrected chi connectivity index (χ3v) is 9.50. The molecule has 5 aliphatic heterocycles. The molecule has 230 valence electrons. The Morgan fingerprint density at radius 3 is 2.76 bits per heavy atom. The van der Waals surface area contributed by atoms with E-state index >= 15 is 13.2 Å². The van der Waals surface area contributed by atoms with Gasteiger partial charge in [-0.25, -0.2) is 23.6 Å². The summed E-state index contributed by atoms with van der Waals surface area (Å²) in [6.07, 6.45) is 5.90. The third kappa shape index (κ3) is 4.87. The quantitative estimate of drug-likeness (QED) is 0.121. The Labute approximate surface area is 279 Å². The Balaban J connectivity index is 0.000000279. The van der Waals surface area contributed by atoms with Gasteiger partial charge >= 0.3 is 17.9 Å². The summed E-state index contributed by atoms with van der Waals surface area (Å²) in [5.41, 5.74) is -0.653. The number of aromatic nitrogens is 3. The smallest absolute Gasteiger partial charge is 0.443 e. The molecule has 2 aromatic heterocycles. The summed E-state index contributed by atoms with van der Waals surface area (Å²) in [5.74, 6) is -5.80. The van der Waals surface area contributed by atoms with Crippen LogP contribution >= 0.6 is 0 Å². The molecule has 7 nitrogen and oxygen atoms in total. The number of hydrogen-bond acceptors (Lipinski definition) is 6. The summed E-state index contributed by atoms with van der Waals surface area (Å²) < 4.78 is 74.3. The largest absolute Gasteiger partial charge is 0.479 e. The number of fused-ring (bicyclic) bond motifs is 2. The summed E-state index contributed by atoms with van der Waals surface area (Å²) in [5, 5.41) is 10.8. The molecule has 45 heavy (non-hydrogen) atoms. The first-order chi connectivity index (χ1) is 21.2. The van der Waals surface area contributed by atoms with Crippen LogP contribution in [0.5, 0.6) is 6.01 Å². The van der Waals surface area contributed by atoms with Crippen molar-refractivity contribution in [1.82, 2.24) is 19.9 Å². The van der Waals surface area contributed by atoms with Crippen LogP contribution < -0.4 is 4.90 Å². The Kier molecular flexibility index (Phi) is 7.70. The van der Waals surface area contributed by atoms with Crippen molar-refractivity contribution in [2.75, 3.05) is 24.5 Å². The van der Waals surface area contributed by atoms with Crippen molar-refractivity contribution in [2.24, 2.45) is 5.92 Å². The van der Waals surface area contributed by atoms with Crippen molar-refractivity contribution in [3.8, 4) is 23.3 Å². The fourth-order valence-electron chi connectivity index (χ4n) is 7.44. The van der Waals surface area contributed by atoms with E-state index in [9.17, 15) is 13.9 Å². The first-order valence-electron chi connectivity index (χ1n) is 14.9. The van der Waals surface area contributed by atoms with Crippen LogP contribution in [-0.4, -0.2) is 62.6 Å². The minimum absolute atomic E-state index is 0. The number of nitrogens with zero attached hydrogens (tertiary/aromatic N) is 6. The minimum atomic E-state index is -2.13. The van der Waals surface area contributed by atoms with E-state index in [1.54, 1.807) is 11.0 Å². The van der Waals surface area contributed by atoms with Crippen LogP contribution in [0.2, 0.25) is 0 Å². The summed E-state index contributed by atoms with van der Waals surface area (Å²) in [6, 6.07) is 7.94. The van der Waals surface area contributed by atoms with Gasteiger partial charge in [0.2, 0.25) is 0 Å². The number of halogens is 5. The Hall–Kier alpha value is -3.06. The number of pyridine rings is 1. The van der Waals surface area contributed by atoms with Gasteiger partial charge in [0.05, 0.1) is 11.6 Å². The second-order valence-electron chi connectivity index (χ2n) is 12.1. The van der Waals surface area contributed by atoms with Crippen molar-refractivity contribution in [2.45, 2.75) is 56.5 Å². The van der Waals surface area contributed by atoms with E-state index in [-0.39, 0.29) is 69.9 Å². The first-order valence-corrected chi connectivity index (χ1v) is 14.9. The van der Waals surface area contributed by atoms with E-state index in [0.29, 0.717) is 25.9 Å². The van der Waals surface area contributed by atoms with Crippen molar-refractivity contribution in [1.29, 1.82) is 0 Å². The molecule has 7 heterocycles. The Morgan fingerprint density at radius 2 is 1.93 bits per heavy atom. The normalized spacial score (nSPS) is 26.4. The van der Waals surface area contributed by atoms with Crippen LogP contribution in [0.4, 0.5) is 27.8 Å². The molecule has 1 saturated carbocycles. The van der Waals surface area contributed by atoms with E-state index in [1.807, 2.05) is 0 Å². The van der Waals surface area contributed by atoms with Crippen LogP contribution in [-0.2, 0) is 0 Å². The average Bonchev–Trinajstić information content (AvgIpc) is 3.17. The second-order valence-corrected chi connectivity index (χ2v) is 12.1. The molecule has 4 atom stereocenters. The van der Waals surface area contributed by atoms with Gasteiger partial charge in [0.1, 0.15) is 28.5 Å². The molecule has 13 heteroatoms. The number of benzene rings is 2. The molecule has 1 aliphatic carbocycles. The third-order valence-electron chi connectivity index (χ3n) is 9.50. The molecule has 0 spiro atoms. The number of hydrogen-bond donors (Lipinski definition) is 1. The number of alkyl halides is 2. The van der Waals surface area contributed by atoms with Crippen molar-refractivity contribution < 1.29 is 58.2 Å². The fourth-order valence-corrected chi connectivity index (χ4v) is 7.44. The van der Waals surface area contributed by atoms with Crippen molar-refractivity contribution in [3.05, 3.63) is 64.4 Å². The zero-order valence-corrected chi connectivity index (χ0v) is 28.2. The fraction of sp³-hybridized carbons (Fsp3) is 0.406. The number of anilines is 1. The molecule has 3 saturated heterocycles. The first kappa shape index (κ1) is 30.6. The monoisotopic (exact) mass is 844 g/mol. The average molecular weight is 845 g/mol. The zero-order valence-electron chi connectivity index (χ0n) is 24.0. The van der Waals surface area contributed by atoms with Gasteiger partial charge in [-0.3, -0.25) is 4.98 Å². The molecular weight excluding hydrogens is 817 g/mol. The molecule has 4 fully saturated rings. The molecule has 10 rings (SSSR count). The van der Waals surface area contributed by atoms with Gasteiger partial charge in [-0.05, 0) is 42.2 Å². The van der Waals surface area contributed by atoms with Gasteiger partial charge in [0.25, 0.3) is 0 Å². The van der Waals surface area contributed by atoms with Crippen LogP contribution in [0, 0.1) is 66.6 Å². The second kappa shape index (κ2) is 11.3. The molecule has 1 N–H and O–H groups in total. The summed E-state index contributed by atoms with van der Waals surface area (Å²) >= 11 is 0. The van der Waals surface area contributed by atoms with Crippen LogP contribution in [0.25, 0.3) is 37.8 Å². The van der Waals surface area contributed by atoms with E-state index in [0.717, 1.165) is 31.9 Å². The van der Waals surface area contributed by atoms with E-state index in [4.69, 9.17) is 0 Å². The van der Waals surface area contributed by atoms with E-state index in [2.05, 4.69) is 30.8 Å².